The number of carboxylic acids is 1. The van der Waals surface area contributed by atoms with Crippen molar-refractivity contribution in [2.75, 3.05) is 26.7 Å². The van der Waals surface area contributed by atoms with Crippen LogP contribution in [0.2, 0.25) is 0 Å². The van der Waals surface area contributed by atoms with Crippen molar-refractivity contribution in [3.63, 3.8) is 0 Å². The number of halogens is 3. The minimum Gasteiger partial charge on any atom is -0.475 e. The highest BCUT2D eigenvalue weighted by molar-refractivity contribution is 5.73. The van der Waals surface area contributed by atoms with Gasteiger partial charge < -0.3 is 9.52 Å². The van der Waals surface area contributed by atoms with Crippen LogP contribution in [0.5, 0.6) is 0 Å². The lowest BCUT2D eigenvalue weighted by atomic mass is 10.0. The van der Waals surface area contributed by atoms with Gasteiger partial charge in [0.25, 0.3) is 0 Å². The van der Waals surface area contributed by atoms with Crippen molar-refractivity contribution >= 4 is 11.5 Å². The molecule has 0 aliphatic carbocycles. The van der Waals surface area contributed by atoms with E-state index in [1.165, 1.54) is 11.1 Å². The number of hydrogen-bond donors (Lipinski definition) is 1. The first kappa shape index (κ1) is 25.4. The zero-order valence-corrected chi connectivity index (χ0v) is 19.8. The molecular weight excluding hydrogens is 475 g/mol. The molecule has 4 aromatic rings. The first-order chi connectivity index (χ1) is 17.1. The van der Waals surface area contributed by atoms with Crippen LogP contribution in [0.25, 0.3) is 16.6 Å². The molecule has 0 amide bonds. The van der Waals surface area contributed by atoms with E-state index in [1.54, 1.807) is 6.26 Å². The van der Waals surface area contributed by atoms with Crippen molar-refractivity contribution in [3.05, 3.63) is 78.0 Å². The number of piperazine rings is 1. The minimum atomic E-state index is -5.08. The molecule has 1 fully saturated rings. The molecule has 0 radical (unpaired) electrons. The number of likely N-dealkylation sites (N-methyl/N-ethyl adjacent to an activating group) is 1. The smallest absolute Gasteiger partial charge is 0.475 e. The van der Waals surface area contributed by atoms with Crippen LogP contribution < -0.4 is 0 Å². The maximum atomic E-state index is 10.6. The van der Waals surface area contributed by atoms with Gasteiger partial charge in [-0.15, -0.1) is 5.10 Å². The van der Waals surface area contributed by atoms with Gasteiger partial charge in [-0.2, -0.15) is 13.2 Å². The number of carboxylic acid groups (broad SMARTS) is 1. The highest BCUT2D eigenvalue weighted by Gasteiger charge is 2.38. The highest BCUT2D eigenvalue weighted by atomic mass is 19.4. The Bertz CT molecular complexity index is 1300. The molecule has 0 bridgehead atoms. The van der Waals surface area contributed by atoms with Crippen molar-refractivity contribution in [2.24, 2.45) is 0 Å². The molecule has 1 aromatic carbocycles. The van der Waals surface area contributed by atoms with Crippen LogP contribution in [0.3, 0.4) is 0 Å². The molecule has 1 N–H and O–H groups in total. The quantitative estimate of drug-likeness (QED) is 0.443. The molecule has 1 atom stereocenters. The van der Waals surface area contributed by atoms with E-state index in [0.29, 0.717) is 0 Å². The van der Waals surface area contributed by atoms with E-state index in [0.717, 1.165) is 48.7 Å². The van der Waals surface area contributed by atoms with Crippen LogP contribution in [-0.2, 0) is 11.3 Å². The van der Waals surface area contributed by atoms with Crippen LogP contribution in [0, 0.1) is 6.92 Å². The third kappa shape index (κ3) is 5.92. The number of benzene rings is 1. The zero-order valence-electron chi connectivity index (χ0n) is 19.8. The van der Waals surface area contributed by atoms with Crippen LogP contribution in [0.1, 0.15) is 23.1 Å². The largest absolute Gasteiger partial charge is 0.490 e. The lowest BCUT2D eigenvalue weighted by Crippen LogP contribution is -2.46. The number of pyridine rings is 1. The third-order valence-electron chi connectivity index (χ3n) is 6.07. The molecule has 5 rings (SSSR count). The molecule has 0 spiro atoms. The molecule has 36 heavy (non-hydrogen) atoms. The SMILES string of the molecule is Cc1ccc(-c2ccc3c(C4CN(Cc5ccco5)CCN4C)nnn3c2)cc1.O=C(O)C(F)(F)F. The van der Waals surface area contributed by atoms with Crippen LogP contribution in [0.15, 0.2) is 65.4 Å². The summed E-state index contributed by atoms with van der Waals surface area (Å²) in [7, 11) is 2.17. The number of carbonyl (C=O) groups is 1. The average Bonchev–Trinajstić information content (AvgIpc) is 3.50. The second-order valence-electron chi connectivity index (χ2n) is 8.70. The standard InChI is InChI=1S/C23H25N5O.C2HF3O2/c1-17-5-7-18(8-6-17)19-9-10-21-23(24-25-28(21)14-19)22-16-27(12-11-26(22)2)15-20-4-3-13-29-20;3-2(4,5)1(6)7/h3-10,13-14,22H,11-12,15-16H2,1-2H3;(H,6,7). The first-order valence-electron chi connectivity index (χ1n) is 11.3. The van der Waals surface area contributed by atoms with Crippen LogP contribution in [-0.4, -0.2) is 68.6 Å². The molecule has 1 aliphatic heterocycles. The molecular formula is C25H26F3N5O3. The fourth-order valence-corrected chi connectivity index (χ4v) is 4.06. The van der Waals surface area contributed by atoms with Crippen molar-refractivity contribution in [1.82, 2.24) is 24.6 Å². The van der Waals surface area contributed by atoms with E-state index in [1.807, 2.05) is 16.6 Å². The summed E-state index contributed by atoms with van der Waals surface area (Å²) in [5, 5.41) is 16.1. The van der Waals surface area contributed by atoms with Crippen molar-refractivity contribution < 1.29 is 27.5 Å². The Morgan fingerprint density at radius 2 is 1.81 bits per heavy atom. The van der Waals surface area contributed by atoms with Crippen LogP contribution >= 0.6 is 0 Å². The third-order valence-corrected chi connectivity index (χ3v) is 6.07. The predicted octanol–water partition coefficient (Wildman–Crippen LogP) is 4.42. The van der Waals surface area contributed by atoms with Gasteiger partial charge in [0, 0.05) is 31.4 Å². The fraction of sp³-hybridized carbons (Fsp3) is 0.320. The number of aromatic nitrogens is 3. The summed E-state index contributed by atoms with van der Waals surface area (Å²) in [5.74, 6) is -1.75. The lowest BCUT2D eigenvalue weighted by molar-refractivity contribution is -0.192. The van der Waals surface area contributed by atoms with Gasteiger partial charge in [0.1, 0.15) is 11.5 Å². The number of rotatable bonds is 4. The average molecular weight is 502 g/mol. The molecule has 8 nitrogen and oxygen atoms in total. The number of furan rings is 1. The van der Waals surface area contributed by atoms with Crippen molar-refractivity contribution in [1.29, 1.82) is 0 Å². The second-order valence-corrected chi connectivity index (χ2v) is 8.70. The normalized spacial score (nSPS) is 17.1. The molecule has 3 aromatic heterocycles. The Labute approximate surface area is 205 Å². The summed E-state index contributed by atoms with van der Waals surface area (Å²) in [6.07, 6.45) is -1.28. The summed E-state index contributed by atoms with van der Waals surface area (Å²) >= 11 is 0. The molecule has 11 heteroatoms. The molecule has 1 saturated heterocycles. The Hall–Kier alpha value is -3.70. The Balaban J connectivity index is 0.000000384. The van der Waals surface area contributed by atoms with Gasteiger partial charge >= 0.3 is 12.1 Å². The number of fused-ring (bicyclic) bond motifs is 1. The molecule has 1 unspecified atom stereocenters. The van der Waals surface area contributed by atoms with E-state index >= 15 is 0 Å². The lowest BCUT2D eigenvalue weighted by Gasteiger charge is -2.38. The fourth-order valence-electron chi connectivity index (χ4n) is 4.06. The Kier molecular flexibility index (Phi) is 7.41. The second kappa shape index (κ2) is 10.5. The van der Waals surface area contributed by atoms with E-state index < -0.39 is 12.1 Å². The number of alkyl halides is 3. The number of aryl methyl sites for hydroxylation is 1. The zero-order chi connectivity index (χ0) is 25.9. The van der Waals surface area contributed by atoms with Gasteiger partial charge in [0.05, 0.1) is 24.4 Å². The topological polar surface area (TPSA) is 87.1 Å². The van der Waals surface area contributed by atoms with Gasteiger partial charge in [0.15, 0.2) is 0 Å². The monoisotopic (exact) mass is 501 g/mol. The maximum absolute atomic E-state index is 10.6. The Morgan fingerprint density at radius 1 is 1.11 bits per heavy atom. The maximum Gasteiger partial charge on any atom is 0.490 e. The van der Waals surface area contributed by atoms with E-state index in [9.17, 15) is 13.2 Å². The van der Waals surface area contributed by atoms with E-state index in [2.05, 4.69) is 76.7 Å². The van der Waals surface area contributed by atoms with Gasteiger partial charge in [-0.3, -0.25) is 9.80 Å². The summed E-state index contributed by atoms with van der Waals surface area (Å²) in [6.45, 7) is 5.85. The highest BCUT2D eigenvalue weighted by Crippen LogP contribution is 2.28. The minimum absolute atomic E-state index is 0.210. The Morgan fingerprint density at radius 3 is 2.44 bits per heavy atom. The number of nitrogens with zero attached hydrogens (tertiary/aromatic N) is 5. The molecule has 4 heterocycles. The summed E-state index contributed by atoms with van der Waals surface area (Å²) < 4.78 is 39.2. The molecule has 1 aliphatic rings. The van der Waals surface area contributed by atoms with E-state index in [-0.39, 0.29) is 6.04 Å². The van der Waals surface area contributed by atoms with Gasteiger partial charge in [-0.25, -0.2) is 9.31 Å². The van der Waals surface area contributed by atoms with Crippen molar-refractivity contribution in [3.8, 4) is 11.1 Å². The van der Waals surface area contributed by atoms with Crippen LogP contribution in [0.4, 0.5) is 13.2 Å². The number of hydrogen-bond acceptors (Lipinski definition) is 6. The summed E-state index contributed by atoms with van der Waals surface area (Å²) in [4.78, 5) is 13.7. The van der Waals surface area contributed by atoms with Gasteiger partial charge in [-0.05, 0) is 37.7 Å². The number of aliphatic carboxylic acids is 1. The molecule has 0 saturated carbocycles. The first-order valence-corrected chi connectivity index (χ1v) is 11.3. The van der Waals surface area contributed by atoms with E-state index in [4.69, 9.17) is 14.3 Å². The molecule has 190 valence electrons. The summed E-state index contributed by atoms with van der Waals surface area (Å²) in [6, 6.07) is 17.1. The summed E-state index contributed by atoms with van der Waals surface area (Å²) in [5.41, 5.74) is 5.70. The van der Waals surface area contributed by atoms with Crippen molar-refractivity contribution in [2.45, 2.75) is 25.7 Å². The van der Waals surface area contributed by atoms with Gasteiger partial charge in [0.2, 0.25) is 0 Å². The van der Waals surface area contributed by atoms with Gasteiger partial charge in [-0.1, -0.05) is 41.1 Å². The predicted molar refractivity (Wildman–Crippen MR) is 126 cm³/mol.